The van der Waals surface area contributed by atoms with Crippen molar-refractivity contribution in [1.29, 1.82) is 0 Å². The number of anilines is 1. The van der Waals surface area contributed by atoms with Crippen LogP contribution in [-0.4, -0.2) is 18.5 Å². The van der Waals surface area contributed by atoms with E-state index < -0.39 is 0 Å². The predicted molar refractivity (Wildman–Crippen MR) is 93.8 cm³/mol. The molecule has 0 saturated heterocycles. The standard InChI is InChI=1S/C20H27NO3/c1-2-3-10-24-20(23)15-6-8-18(9-7-15)21-19(22)13-17-12-14-4-5-16(17)11-14/h6-9,14,16-17H,2-5,10-13H2,1H3,(H,21,22)/t14-,16+,17-/m0/s1. The summed E-state index contributed by atoms with van der Waals surface area (Å²) in [6.07, 6.45) is 7.72. The van der Waals surface area contributed by atoms with Gasteiger partial charge in [0.25, 0.3) is 0 Å². The number of fused-ring (bicyclic) bond motifs is 2. The number of benzene rings is 1. The van der Waals surface area contributed by atoms with Crippen molar-refractivity contribution in [3.05, 3.63) is 29.8 Å². The van der Waals surface area contributed by atoms with Crippen molar-refractivity contribution in [1.82, 2.24) is 0 Å². The van der Waals surface area contributed by atoms with Gasteiger partial charge in [-0.25, -0.2) is 4.79 Å². The molecule has 0 spiro atoms. The van der Waals surface area contributed by atoms with Crippen LogP contribution in [0.5, 0.6) is 0 Å². The molecule has 1 amide bonds. The highest BCUT2D eigenvalue weighted by molar-refractivity contribution is 5.93. The van der Waals surface area contributed by atoms with Crippen molar-refractivity contribution in [2.75, 3.05) is 11.9 Å². The van der Waals surface area contributed by atoms with Gasteiger partial charge in [-0.1, -0.05) is 19.8 Å². The number of hydrogen-bond acceptors (Lipinski definition) is 3. The van der Waals surface area contributed by atoms with E-state index in [1.54, 1.807) is 24.3 Å². The molecule has 24 heavy (non-hydrogen) atoms. The third-order valence-corrected chi connectivity index (χ3v) is 5.47. The Morgan fingerprint density at radius 2 is 1.96 bits per heavy atom. The van der Waals surface area contributed by atoms with E-state index >= 15 is 0 Å². The van der Waals surface area contributed by atoms with E-state index in [1.807, 2.05) is 0 Å². The first-order valence-electron chi connectivity index (χ1n) is 9.22. The lowest BCUT2D eigenvalue weighted by Crippen LogP contribution is -2.20. The number of unbranched alkanes of at least 4 members (excludes halogenated alkanes) is 1. The molecule has 0 unspecified atom stereocenters. The topological polar surface area (TPSA) is 55.4 Å². The van der Waals surface area contributed by atoms with Crippen molar-refractivity contribution in [3.8, 4) is 0 Å². The number of hydrogen-bond donors (Lipinski definition) is 1. The first kappa shape index (κ1) is 17.0. The molecule has 1 aromatic carbocycles. The fourth-order valence-corrected chi connectivity index (χ4v) is 4.16. The molecule has 3 atom stereocenters. The van der Waals surface area contributed by atoms with Gasteiger partial charge in [0.2, 0.25) is 5.91 Å². The van der Waals surface area contributed by atoms with Gasteiger partial charge in [0.05, 0.1) is 12.2 Å². The molecule has 3 rings (SSSR count). The maximum absolute atomic E-state index is 12.2. The minimum Gasteiger partial charge on any atom is -0.462 e. The normalized spacial score (nSPS) is 24.8. The number of carbonyl (C=O) groups is 2. The van der Waals surface area contributed by atoms with Gasteiger partial charge in [0.15, 0.2) is 0 Å². The second-order valence-corrected chi connectivity index (χ2v) is 7.25. The first-order valence-corrected chi connectivity index (χ1v) is 9.22. The van der Waals surface area contributed by atoms with E-state index in [2.05, 4.69) is 12.2 Å². The van der Waals surface area contributed by atoms with Crippen LogP contribution < -0.4 is 5.32 Å². The molecule has 2 bridgehead atoms. The molecule has 130 valence electrons. The molecule has 0 radical (unpaired) electrons. The van der Waals surface area contributed by atoms with Gasteiger partial charge in [0.1, 0.15) is 0 Å². The minimum absolute atomic E-state index is 0.0887. The van der Waals surface area contributed by atoms with Gasteiger partial charge in [-0.15, -0.1) is 0 Å². The summed E-state index contributed by atoms with van der Waals surface area (Å²) in [5.74, 6) is 1.98. The van der Waals surface area contributed by atoms with Crippen molar-refractivity contribution < 1.29 is 14.3 Å². The highest BCUT2D eigenvalue weighted by atomic mass is 16.5. The van der Waals surface area contributed by atoms with Crippen molar-refractivity contribution in [2.45, 2.75) is 51.9 Å². The van der Waals surface area contributed by atoms with Gasteiger partial charge in [0, 0.05) is 12.1 Å². The Hall–Kier alpha value is -1.84. The van der Waals surface area contributed by atoms with Crippen LogP contribution in [0.3, 0.4) is 0 Å². The van der Waals surface area contributed by atoms with Gasteiger partial charge in [-0.2, -0.15) is 0 Å². The van der Waals surface area contributed by atoms with Crippen LogP contribution in [0.1, 0.15) is 62.2 Å². The van der Waals surface area contributed by atoms with Crippen molar-refractivity contribution >= 4 is 17.6 Å². The second kappa shape index (κ2) is 7.82. The van der Waals surface area contributed by atoms with Gasteiger partial charge < -0.3 is 10.1 Å². The Kier molecular flexibility index (Phi) is 5.54. The SMILES string of the molecule is CCCCOC(=O)c1ccc(NC(=O)C[C@@H]2C[C@H]3CC[C@@H]2C3)cc1. The fourth-order valence-electron chi connectivity index (χ4n) is 4.16. The Balaban J connectivity index is 1.47. The smallest absolute Gasteiger partial charge is 0.338 e. The predicted octanol–water partition coefficient (Wildman–Crippen LogP) is 4.41. The van der Waals surface area contributed by atoms with Gasteiger partial charge >= 0.3 is 5.97 Å². The zero-order valence-electron chi connectivity index (χ0n) is 14.4. The lowest BCUT2D eigenvalue weighted by Gasteiger charge is -2.20. The summed E-state index contributed by atoms with van der Waals surface area (Å²) in [7, 11) is 0. The third kappa shape index (κ3) is 4.16. The summed E-state index contributed by atoms with van der Waals surface area (Å²) in [5, 5.41) is 2.96. The number of esters is 1. The minimum atomic E-state index is -0.302. The molecule has 0 aromatic heterocycles. The molecule has 0 heterocycles. The Morgan fingerprint density at radius 3 is 2.58 bits per heavy atom. The molecule has 1 N–H and O–H groups in total. The average molecular weight is 329 g/mol. The van der Waals surface area contributed by atoms with Crippen LogP contribution in [0, 0.1) is 17.8 Å². The summed E-state index contributed by atoms with van der Waals surface area (Å²) in [5.41, 5.74) is 1.27. The molecule has 4 heteroatoms. The summed E-state index contributed by atoms with van der Waals surface area (Å²) in [6.45, 7) is 2.51. The number of nitrogens with one attached hydrogen (secondary N) is 1. The van der Waals surface area contributed by atoms with Crippen molar-refractivity contribution in [2.24, 2.45) is 17.8 Å². The zero-order valence-corrected chi connectivity index (χ0v) is 14.4. The molecule has 2 saturated carbocycles. The van der Waals surface area contributed by atoms with Crippen LogP contribution in [0.4, 0.5) is 5.69 Å². The van der Waals surface area contributed by atoms with E-state index in [0.29, 0.717) is 24.5 Å². The van der Waals surface area contributed by atoms with E-state index in [4.69, 9.17) is 4.74 Å². The number of amides is 1. The van der Waals surface area contributed by atoms with Crippen LogP contribution in [-0.2, 0) is 9.53 Å². The second-order valence-electron chi connectivity index (χ2n) is 7.25. The largest absolute Gasteiger partial charge is 0.462 e. The Labute approximate surface area is 144 Å². The molecule has 0 aliphatic heterocycles. The lowest BCUT2D eigenvalue weighted by atomic mass is 9.86. The van der Waals surface area contributed by atoms with Crippen LogP contribution in [0.25, 0.3) is 0 Å². The summed E-state index contributed by atoms with van der Waals surface area (Å²) in [4.78, 5) is 24.1. The van der Waals surface area contributed by atoms with E-state index in [0.717, 1.165) is 30.4 Å². The lowest BCUT2D eigenvalue weighted by molar-refractivity contribution is -0.117. The van der Waals surface area contributed by atoms with Crippen LogP contribution in [0.2, 0.25) is 0 Å². The zero-order chi connectivity index (χ0) is 16.9. The number of ether oxygens (including phenoxy) is 1. The monoisotopic (exact) mass is 329 g/mol. The van der Waals surface area contributed by atoms with Gasteiger partial charge in [-0.05, 0) is 67.7 Å². The highest BCUT2D eigenvalue weighted by Gasteiger charge is 2.40. The van der Waals surface area contributed by atoms with Crippen LogP contribution >= 0.6 is 0 Å². The summed E-state index contributed by atoms with van der Waals surface area (Å²) < 4.78 is 5.18. The van der Waals surface area contributed by atoms with Gasteiger partial charge in [-0.3, -0.25) is 4.79 Å². The molecular formula is C20H27NO3. The Morgan fingerprint density at radius 1 is 1.17 bits per heavy atom. The number of carbonyl (C=O) groups excluding carboxylic acids is 2. The summed E-state index contributed by atoms with van der Waals surface area (Å²) >= 11 is 0. The quantitative estimate of drug-likeness (QED) is 0.595. The van der Waals surface area contributed by atoms with Crippen LogP contribution in [0.15, 0.2) is 24.3 Å². The molecule has 2 aliphatic carbocycles. The maximum Gasteiger partial charge on any atom is 0.338 e. The fraction of sp³-hybridized carbons (Fsp3) is 0.600. The number of rotatable bonds is 7. The maximum atomic E-state index is 12.2. The summed E-state index contributed by atoms with van der Waals surface area (Å²) in [6, 6.07) is 6.97. The molecule has 4 nitrogen and oxygen atoms in total. The molecule has 2 aliphatic rings. The van der Waals surface area contributed by atoms with E-state index in [-0.39, 0.29) is 11.9 Å². The highest BCUT2D eigenvalue weighted by Crippen LogP contribution is 2.49. The molecule has 2 fully saturated rings. The molecular weight excluding hydrogens is 302 g/mol. The first-order chi connectivity index (χ1) is 11.7. The van der Waals surface area contributed by atoms with E-state index in [1.165, 1.54) is 25.7 Å². The average Bonchev–Trinajstić information content (AvgIpc) is 3.18. The third-order valence-electron chi connectivity index (χ3n) is 5.47. The Bertz CT molecular complexity index is 581. The van der Waals surface area contributed by atoms with Crippen molar-refractivity contribution in [3.63, 3.8) is 0 Å². The van der Waals surface area contributed by atoms with E-state index in [9.17, 15) is 9.59 Å². The molecule has 1 aromatic rings.